The fourth-order valence-corrected chi connectivity index (χ4v) is 2.82. The van der Waals surface area contributed by atoms with Crippen LogP contribution in [0, 0.1) is 0 Å². The normalized spacial score (nSPS) is 13.7. The molecule has 0 unspecified atom stereocenters. The lowest BCUT2D eigenvalue weighted by Crippen LogP contribution is -2.21. The molecule has 3 aromatic rings. The molecule has 2 heterocycles. The highest BCUT2D eigenvalue weighted by Gasteiger charge is 2.16. The zero-order valence-electron chi connectivity index (χ0n) is 13.8. The van der Waals surface area contributed by atoms with Gasteiger partial charge in [0.1, 0.15) is 5.75 Å². The first-order chi connectivity index (χ1) is 12.4. The predicted octanol–water partition coefficient (Wildman–Crippen LogP) is 4.01. The van der Waals surface area contributed by atoms with Crippen LogP contribution in [0.25, 0.3) is 0 Å². The first-order valence-electron chi connectivity index (χ1n) is 8.42. The largest absolute Gasteiger partial charge is 0.455 e. The average Bonchev–Trinajstić information content (AvgIpc) is 3.19. The predicted molar refractivity (Wildman–Crippen MR) is 97.5 cm³/mol. The molecule has 1 aliphatic rings. The van der Waals surface area contributed by atoms with Crippen LogP contribution in [0.4, 0.5) is 17.5 Å². The highest BCUT2D eigenvalue weighted by atomic mass is 16.5. The highest BCUT2D eigenvalue weighted by molar-refractivity contribution is 5.64. The van der Waals surface area contributed by atoms with E-state index in [1.165, 1.54) is 12.8 Å². The van der Waals surface area contributed by atoms with E-state index < -0.39 is 0 Å². The Morgan fingerprint density at radius 1 is 0.920 bits per heavy atom. The van der Waals surface area contributed by atoms with Gasteiger partial charge in [0, 0.05) is 13.1 Å². The van der Waals surface area contributed by atoms with Gasteiger partial charge in [0.15, 0.2) is 11.6 Å². The van der Waals surface area contributed by atoms with E-state index in [0.29, 0.717) is 11.8 Å². The fourth-order valence-electron chi connectivity index (χ4n) is 2.82. The summed E-state index contributed by atoms with van der Waals surface area (Å²) in [5, 5.41) is 11.5. The zero-order valence-corrected chi connectivity index (χ0v) is 13.8. The summed E-state index contributed by atoms with van der Waals surface area (Å²) in [7, 11) is 0. The Balaban J connectivity index is 1.56. The smallest absolute Gasteiger partial charge is 0.247 e. The molecule has 25 heavy (non-hydrogen) atoms. The van der Waals surface area contributed by atoms with E-state index in [-0.39, 0.29) is 0 Å². The number of hydrogen-bond donors (Lipinski definition) is 1. The van der Waals surface area contributed by atoms with Crippen LogP contribution in [-0.4, -0.2) is 28.3 Å². The molecule has 4 rings (SSSR count). The third-order valence-corrected chi connectivity index (χ3v) is 4.06. The first kappa shape index (κ1) is 15.4. The van der Waals surface area contributed by atoms with Gasteiger partial charge in [-0.05, 0) is 37.1 Å². The number of aromatic nitrogens is 3. The van der Waals surface area contributed by atoms with Crippen LogP contribution in [0.1, 0.15) is 12.8 Å². The fraction of sp³-hybridized carbons (Fsp3) is 0.211. The van der Waals surface area contributed by atoms with Crippen LogP contribution in [-0.2, 0) is 0 Å². The molecule has 1 aliphatic heterocycles. The molecule has 1 fully saturated rings. The maximum Gasteiger partial charge on any atom is 0.247 e. The molecule has 0 aliphatic carbocycles. The van der Waals surface area contributed by atoms with Crippen molar-refractivity contribution in [1.82, 2.24) is 15.2 Å². The third-order valence-electron chi connectivity index (χ3n) is 4.06. The molecule has 2 aromatic carbocycles. The van der Waals surface area contributed by atoms with Crippen LogP contribution in [0.15, 0.2) is 60.8 Å². The number of benzene rings is 2. The number of nitrogens with one attached hydrogen (secondary N) is 1. The Morgan fingerprint density at radius 3 is 2.52 bits per heavy atom. The lowest BCUT2D eigenvalue weighted by Gasteiger charge is -2.16. The van der Waals surface area contributed by atoms with E-state index in [1.54, 1.807) is 6.20 Å². The van der Waals surface area contributed by atoms with Gasteiger partial charge in [-0.1, -0.05) is 30.3 Å². The molecule has 1 aromatic heterocycles. The van der Waals surface area contributed by atoms with Crippen molar-refractivity contribution in [3.63, 3.8) is 0 Å². The lowest BCUT2D eigenvalue weighted by molar-refractivity contribution is 0.485. The highest BCUT2D eigenvalue weighted by Crippen LogP contribution is 2.31. The maximum atomic E-state index is 5.98. The Hall–Kier alpha value is -3.15. The van der Waals surface area contributed by atoms with Crippen LogP contribution in [0.3, 0.4) is 0 Å². The molecule has 6 heteroatoms. The monoisotopic (exact) mass is 333 g/mol. The maximum absolute atomic E-state index is 5.98. The molecule has 0 radical (unpaired) electrons. The number of para-hydroxylation sites is 3. The van der Waals surface area contributed by atoms with E-state index in [4.69, 9.17) is 4.74 Å². The molecule has 0 spiro atoms. The summed E-state index contributed by atoms with van der Waals surface area (Å²) in [5.74, 6) is 2.84. The molecule has 0 saturated carbocycles. The number of anilines is 3. The summed E-state index contributed by atoms with van der Waals surface area (Å²) >= 11 is 0. The van der Waals surface area contributed by atoms with Crippen LogP contribution >= 0.6 is 0 Å². The molecule has 6 nitrogen and oxygen atoms in total. The van der Waals surface area contributed by atoms with E-state index in [1.807, 2.05) is 54.6 Å². The van der Waals surface area contributed by atoms with Crippen molar-refractivity contribution in [1.29, 1.82) is 0 Å². The quantitative estimate of drug-likeness (QED) is 0.761. The van der Waals surface area contributed by atoms with E-state index in [9.17, 15) is 0 Å². The van der Waals surface area contributed by atoms with Crippen LogP contribution in [0.2, 0.25) is 0 Å². The summed E-state index contributed by atoms with van der Waals surface area (Å²) in [6.07, 6.45) is 3.97. The zero-order chi connectivity index (χ0) is 16.9. The average molecular weight is 333 g/mol. The molecule has 1 N–H and O–H groups in total. The Labute approximate surface area is 146 Å². The summed E-state index contributed by atoms with van der Waals surface area (Å²) in [5.41, 5.74) is 0.833. The Kier molecular flexibility index (Phi) is 4.41. The molecular weight excluding hydrogens is 314 g/mol. The molecule has 1 saturated heterocycles. The van der Waals surface area contributed by atoms with Gasteiger partial charge in [-0.25, -0.2) is 0 Å². The number of nitrogens with zero attached hydrogens (tertiary/aromatic N) is 4. The number of hydrogen-bond acceptors (Lipinski definition) is 6. The minimum atomic E-state index is 0.654. The Morgan fingerprint density at radius 2 is 1.68 bits per heavy atom. The van der Waals surface area contributed by atoms with Crippen molar-refractivity contribution in [2.75, 3.05) is 23.3 Å². The minimum absolute atomic E-state index is 0.654. The van der Waals surface area contributed by atoms with E-state index in [2.05, 4.69) is 25.4 Å². The third kappa shape index (κ3) is 3.68. The lowest BCUT2D eigenvalue weighted by atomic mass is 10.3. The number of rotatable bonds is 5. The topological polar surface area (TPSA) is 63.2 Å². The van der Waals surface area contributed by atoms with Gasteiger partial charge in [-0.2, -0.15) is 10.1 Å². The van der Waals surface area contributed by atoms with Crippen molar-refractivity contribution >= 4 is 17.5 Å². The second-order valence-corrected chi connectivity index (χ2v) is 5.87. The van der Waals surface area contributed by atoms with Crippen molar-refractivity contribution in [2.24, 2.45) is 0 Å². The SMILES string of the molecule is c1ccc(Oc2ccccc2Nc2cnnc(N3CCCC3)n2)cc1. The van der Waals surface area contributed by atoms with E-state index in [0.717, 1.165) is 30.3 Å². The van der Waals surface area contributed by atoms with Gasteiger partial charge in [0.05, 0.1) is 11.9 Å². The van der Waals surface area contributed by atoms with Crippen LogP contribution in [0.5, 0.6) is 11.5 Å². The van der Waals surface area contributed by atoms with Gasteiger partial charge >= 0.3 is 0 Å². The molecular formula is C19H19N5O. The van der Waals surface area contributed by atoms with Gasteiger partial charge in [-0.3, -0.25) is 0 Å². The Bertz CT molecular complexity index is 834. The molecule has 0 bridgehead atoms. The molecule has 0 atom stereocenters. The summed E-state index contributed by atoms with van der Waals surface area (Å²) < 4.78 is 5.98. The van der Waals surface area contributed by atoms with Crippen molar-refractivity contribution in [2.45, 2.75) is 12.8 Å². The van der Waals surface area contributed by atoms with Gasteiger partial charge < -0.3 is 15.0 Å². The van der Waals surface area contributed by atoms with Gasteiger partial charge in [-0.15, -0.1) is 5.10 Å². The molecule has 126 valence electrons. The minimum Gasteiger partial charge on any atom is -0.455 e. The second kappa shape index (κ2) is 7.17. The van der Waals surface area contributed by atoms with Crippen molar-refractivity contribution < 1.29 is 4.74 Å². The van der Waals surface area contributed by atoms with Crippen molar-refractivity contribution in [3.8, 4) is 11.5 Å². The standard InChI is InChI=1S/C19H19N5O/c1-2-8-15(9-3-1)25-17-11-5-4-10-16(17)21-18-14-20-23-19(22-18)24-12-6-7-13-24/h1-5,8-11,14H,6-7,12-13H2,(H,21,22,23). The second-order valence-electron chi connectivity index (χ2n) is 5.87. The summed E-state index contributed by atoms with van der Waals surface area (Å²) in [6, 6.07) is 17.5. The van der Waals surface area contributed by atoms with Gasteiger partial charge in [0.25, 0.3) is 0 Å². The summed E-state index contributed by atoms with van der Waals surface area (Å²) in [4.78, 5) is 6.74. The van der Waals surface area contributed by atoms with Crippen molar-refractivity contribution in [3.05, 3.63) is 60.8 Å². The van der Waals surface area contributed by atoms with Crippen LogP contribution < -0.4 is 15.0 Å². The van der Waals surface area contributed by atoms with E-state index >= 15 is 0 Å². The molecule has 0 amide bonds. The summed E-state index contributed by atoms with van der Waals surface area (Å²) in [6.45, 7) is 1.97. The van der Waals surface area contributed by atoms with Gasteiger partial charge in [0.2, 0.25) is 5.95 Å². The number of ether oxygens (including phenoxy) is 1. The first-order valence-corrected chi connectivity index (χ1v) is 8.42.